The number of rotatable bonds is 6. The standard InChI is InChI=1S/C16H23N3O4/c1-23-15-9-12(7-8-14(15)19(21)22)16(20)18-13(10-17)11-5-3-2-4-6-11/h7-9,11,13H,2-6,10,17H2,1H3,(H,18,20). The van der Waals surface area contributed by atoms with Gasteiger partial charge in [-0.25, -0.2) is 0 Å². The molecule has 2 rings (SSSR count). The van der Waals surface area contributed by atoms with E-state index in [0.717, 1.165) is 12.8 Å². The van der Waals surface area contributed by atoms with E-state index < -0.39 is 4.92 Å². The lowest BCUT2D eigenvalue weighted by atomic mass is 9.84. The van der Waals surface area contributed by atoms with E-state index in [1.54, 1.807) is 0 Å². The van der Waals surface area contributed by atoms with Crippen molar-refractivity contribution < 1.29 is 14.5 Å². The largest absolute Gasteiger partial charge is 0.490 e. The van der Waals surface area contributed by atoms with Gasteiger partial charge in [-0.2, -0.15) is 0 Å². The van der Waals surface area contributed by atoms with Crippen LogP contribution in [0.25, 0.3) is 0 Å². The summed E-state index contributed by atoms with van der Waals surface area (Å²) in [5, 5.41) is 13.9. The number of nitrogens with two attached hydrogens (primary N) is 1. The molecular weight excluding hydrogens is 298 g/mol. The molecule has 7 heteroatoms. The molecule has 1 fully saturated rings. The third-order valence-electron chi connectivity index (χ3n) is 4.43. The zero-order valence-corrected chi connectivity index (χ0v) is 13.3. The number of nitrogens with one attached hydrogen (secondary N) is 1. The van der Waals surface area contributed by atoms with Gasteiger partial charge in [0.15, 0.2) is 5.75 Å². The lowest BCUT2D eigenvalue weighted by molar-refractivity contribution is -0.385. The molecule has 1 aromatic carbocycles. The first kappa shape index (κ1) is 17.2. The van der Waals surface area contributed by atoms with Crippen molar-refractivity contribution in [2.75, 3.05) is 13.7 Å². The molecule has 126 valence electrons. The van der Waals surface area contributed by atoms with Gasteiger partial charge in [0, 0.05) is 30.3 Å². The third-order valence-corrected chi connectivity index (χ3v) is 4.43. The highest BCUT2D eigenvalue weighted by atomic mass is 16.6. The molecule has 1 atom stereocenters. The van der Waals surface area contributed by atoms with Crippen LogP contribution in [0.3, 0.4) is 0 Å². The molecule has 0 radical (unpaired) electrons. The van der Waals surface area contributed by atoms with Crippen molar-refractivity contribution in [1.82, 2.24) is 5.32 Å². The van der Waals surface area contributed by atoms with Crippen LogP contribution in [0.2, 0.25) is 0 Å². The van der Waals surface area contributed by atoms with E-state index in [9.17, 15) is 14.9 Å². The molecule has 0 bridgehead atoms. The number of nitro groups is 1. The molecular formula is C16H23N3O4. The number of nitro benzene ring substituents is 1. The summed E-state index contributed by atoms with van der Waals surface area (Å²) in [7, 11) is 1.34. The smallest absolute Gasteiger partial charge is 0.310 e. The second-order valence-corrected chi connectivity index (χ2v) is 5.86. The third kappa shape index (κ3) is 4.19. The summed E-state index contributed by atoms with van der Waals surface area (Å²) in [5.74, 6) is 0.196. The summed E-state index contributed by atoms with van der Waals surface area (Å²) in [6.07, 6.45) is 5.73. The zero-order chi connectivity index (χ0) is 16.8. The van der Waals surface area contributed by atoms with Gasteiger partial charge >= 0.3 is 5.69 Å². The van der Waals surface area contributed by atoms with Gasteiger partial charge in [-0.3, -0.25) is 14.9 Å². The van der Waals surface area contributed by atoms with Crippen molar-refractivity contribution in [3.63, 3.8) is 0 Å². The summed E-state index contributed by atoms with van der Waals surface area (Å²) in [5.41, 5.74) is 6.00. The topological polar surface area (TPSA) is 107 Å². The first-order chi connectivity index (χ1) is 11.1. The predicted molar refractivity (Wildman–Crippen MR) is 86.5 cm³/mol. The van der Waals surface area contributed by atoms with Crippen molar-refractivity contribution >= 4 is 11.6 Å². The van der Waals surface area contributed by atoms with Crippen LogP contribution in [0.1, 0.15) is 42.5 Å². The van der Waals surface area contributed by atoms with Gasteiger partial charge in [-0.1, -0.05) is 19.3 Å². The molecule has 3 N–H and O–H groups in total. The molecule has 0 spiro atoms. The Balaban J connectivity index is 2.11. The molecule has 1 saturated carbocycles. The van der Waals surface area contributed by atoms with Crippen LogP contribution >= 0.6 is 0 Å². The Morgan fingerprint density at radius 2 is 2.13 bits per heavy atom. The van der Waals surface area contributed by atoms with E-state index in [2.05, 4.69) is 5.32 Å². The summed E-state index contributed by atoms with van der Waals surface area (Å²) in [6.45, 7) is 0.389. The summed E-state index contributed by atoms with van der Waals surface area (Å²) >= 11 is 0. The highest BCUT2D eigenvalue weighted by Gasteiger charge is 2.25. The molecule has 0 heterocycles. The van der Waals surface area contributed by atoms with Gasteiger partial charge < -0.3 is 15.8 Å². The minimum absolute atomic E-state index is 0.0658. The van der Waals surface area contributed by atoms with Gasteiger partial charge in [0.05, 0.1) is 12.0 Å². The number of carbonyl (C=O) groups excluding carboxylic acids is 1. The van der Waals surface area contributed by atoms with Gasteiger partial charge in [0.1, 0.15) is 0 Å². The van der Waals surface area contributed by atoms with Gasteiger partial charge in [0.25, 0.3) is 5.91 Å². The molecule has 0 aromatic heterocycles. The fourth-order valence-corrected chi connectivity index (χ4v) is 3.13. The Labute approximate surface area is 135 Å². The van der Waals surface area contributed by atoms with Gasteiger partial charge in [0.2, 0.25) is 0 Å². The van der Waals surface area contributed by atoms with Crippen LogP contribution < -0.4 is 15.8 Å². The second-order valence-electron chi connectivity index (χ2n) is 5.86. The first-order valence-electron chi connectivity index (χ1n) is 7.90. The molecule has 1 unspecified atom stereocenters. The number of carbonyl (C=O) groups is 1. The molecule has 1 aliphatic rings. The number of hydrogen-bond donors (Lipinski definition) is 2. The zero-order valence-electron chi connectivity index (χ0n) is 13.3. The lowest BCUT2D eigenvalue weighted by Crippen LogP contribution is -2.45. The van der Waals surface area contributed by atoms with Crippen LogP contribution in [-0.4, -0.2) is 30.5 Å². The monoisotopic (exact) mass is 321 g/mol. The maximum atomic E-state index is 12.4. The van der Waals surface area contributed by atoms with E-state index in [-0.39, 0.29) is 23.4 Å². The Hall–Kier alpha value is -2.15. The van der Waals surface area contributed by atoms with Gasteiger partial charge in [-0.05, 0) is 24.8 Å². The number of hydrogen-bond acceptors (Lipinski definition) is 5. The Kier molecular flexibility index (Phi) is 5.92. The Morgan fingerprint density at radius 1 is 1.43 bits per heavy atom. The van der Waals surface area contributed by atoms with Crippen LogP contribution in [0.5, 0.6) is 5.75 Å². The maximum absolute atomic E-state index is 12.4. The number of ether oxygens (including phenoxy) is 1. The summed E-state index contributed by atoms with van der Waals surface area (Å²) in [6, 6.07) is 4.04. The highest BCUT2D eigenvalue weighted by molar-refractivity contribution is 5.95. The van der Waals surface area contributed by atoms with Crippen molar-refractivity contribution in [3.05, 3.63) is 33.9 Å². The van der Waals surface area contributed by atoms with Crippen LogP contribution in [0, 0.1) is 16.0 Å². The van der Waals surface area contributed by atoms with E-state index in [4.69, 9.17) is 10.5 Å². The van der Waals surface area contributed by atoms with E-state index in [1.165, 1.54) is 44.6 Å². The quantitative estimate of drug-likeness (QED) is 0.617. The minimum Gasteiger partial charge on any atom is -0.490 e. The normalized spacial score (nSPS) is 16.6. The fraction of sp³-hybridized carbons (Fsp3) is 0.562. The average molecular weight is 321 g/mol. The molecule has 23 heavy (non-hydrogen) atoms. The minimum atomic E-state index is -0.536. The average Bonchev–Trinajstić information content (AvgIpc) is 2.59. The number of methoxy groups -OCH3 is 1. The maximum Gasteiger partial charge on any atom is 0.310 e. The molecule has 1 aromatic rings. The van der Waals surface area contributed by atoms with Crippen LogP contribution in [0.15, 0.2) is 18.2 Å². The summed E-state index contributed by atoms with van der Waals surface area (Å²) in [4.78, 5) is 22.8. The van der Waals surface area contributed by atoms with E-state index >= 15 is 0 Å². The SMILES string of the molecule is COc1cc(C(=O)NC(CN)C2CCCCC2)ccc1[N+](=O)[O-]. The lowest BCUT2D eigenvalue weighted by Gasteiger charge is -2.30. The van der Waals surface area contributed by atoms with E-state index in [0.29, 0.717) is 18.0 Å². The Bertz CT molecular complexity index is 570. The molecule has 0 aliphatic heterocycles. The van der Waals surface area contributed by atoms with Crippen LogP contribution in [-0.2, 0) is 0 Å². The van der Waals surface area contributed by atoms with Crippen LogP contribution in [0.4, 0.5) is 5.69 Å². The van der Waals surface area contributed by atoms with Crippen molar-refractivity contribution in [1.29, 1.82) is 0 Å². The van der Waals surface area contributed by atoms with Gasteiger partial charge in [-0.15, -0.1) is 0 Å². The summed E-state index contributed by atoms with van der Waals surface area (Å²) < 4.78 is 5.00. The molecule has 0 saturated heterocycles. The molecule has 7 nitrogen and oxygen atoms in total. The number of benzene rings is 1. The molecule has 1 aliphatic carbocycles. The second kappa shape index (κ2) is 7.92. The van der Waals surface area contributed by atoms with Crippen molar-refractivity contribution in [2.45, 2.75) is 38.1 Å². The first-order valence-corrected chi connectivity index (χ1v) is 7.90. The fourth-order valence-electron chi connectivity index (χ4n) is 3.13. The predicted octanol–water partition coefficient (Wildman–Crippen LogP) is 2.24. The number of nitrogens with zero attached hydrogens (tertiary/aromatic N) is 1. The highest BCUT2D eigenvalue weighted by Crippen LogP contribution is 2.28. The number of amides is 1. The van der Waals surface area contributed by atoms with Crippen molar-refractivity contribution in [2.24, 2.45) is 11.7 Å². The van der Waals surface area contributed by atoms with E-state index in [1.807, 2.05) is 0 Å². The molecule has 1 amide bonds. The Morgan fingerprint density at radius 3 is 2.70 bits per heavy atom. The van der Waals surface area contributed by atoms with Crippen molar-refractivity contribution in [3.8, 4) is 5.75 Å².